The largest absolute Gasteiger partial charge is 0.508 e. The number of piperazine rings is 1. The molecule has 2 N–H and O–H groups in total. The number of aromatic hydroxyl groups is 1. The molecule has 1 aromatic rings. The molecule has 6 heteroatoms. The van der Waals surface area contributed by atoms with Gasteiger partial charge in [-0.15, -0.1) is 0 Å². The molecule has 2 aliphatic rings. The number of rotatable bonds is 2. The molecule has 0 saturated carbocycles. The quantitative estimate of drug-likeness (QED) is 0.844. The molecule has 1 atom stereocenters. The maximum absolute atomic E-state index is 11.2. The molecule has 1 unspecified atom stereocenters. The van der Waals surface area contributed by atoms with E-state index in [1.807, 2.05) is 0 Å². The van der Waals surface area contributed by atoms with Crippen LogP contribution in [-0.4, -0.2) is 60.4 Å². The number of phenolic OH excluding ortho intramolecular Hbond substituents is 1. The summed E-state index contributed by atoms with van der Waals surface area (Å²) in [5.74, 6) is -0.103. The van der Waals surface area contributed by atoms with Gasteiger partial charge in [-0.2, -0.15) is 0 Å². The predicted molar refractivity (Wildman–Crippen MR) is 78.2 cm³/mol. The smallest absolute Gasteiger partial charge is 0.344 e. The Morgan fingerprint density at radius 1 is 1.29 bits per heavy atom. The molecular formula is C15H20N2O4. The number of carbonyl (C=O) groups is 1. The van der Waals surface area contributed by atoms with Crippen molar-refractivity contribution in [1.82, 2.24) is 4.90 Å². The molecule has 2 aliphatic heterocycles. The van der Waals surface area contributed by atoms with Crippen LogP contribution in [0.3, 0.4) is 0 Å². The van der Waals surface area contributed by atoms with Crippen LogP contribution in [0.2, 0.25) is 0 Å². The van der Waals surface area contributed by atoms with Crippen LogP contribution in [0.1, 0.15) is 12.0 Å². The van der Waals surface area contributed by atoms with Crippen LogP contribution in [0.15, 0.2) is 12.1 Å². The summed E-state index contributed by atoms with van der Waals surface area (Å²) in [4.78, 5) is 15.6. The summed E-state index contributed by atoms with van der Waals surface area (Å²) >= 11 is 0. The van der Waals surface area contributed by atoms with E-state index in [9.17, 15) is 9.90 Å². The van der Waals surface area contributed by atoms with Gasteiger partial charge in [0.05, 0.1) is 5.69 Å². The second kappa shape index (κ2) is 5.44. The number of carboxylic acid groups (broad SMARTS) is 1. The Kier molecular flexibility index (Phi) is 3.63. The van der Waals surface area contributed by atoms with Gasteiger partial charge in [0.15, 0.2) is 6.10 Å². The van der Waals surface area contributed by atoms with E-state index in [-0.39, 0.29) is 5.75 Å². The van der Waals surface area contributed by atoms with Crippen molar-refractivity contribution in [3.63, 3.8) is 0 Å². The van der Waals surface area contributed by atoms with Gasteiger partial charge in [-0.25, -0.2) is 4.79 Å². The highest BCUT2D eigenvalue weighted by atomic mass is 16.5. The van der Waals surface area contributed by atoms with E-state index < -0.39 is 12.1 Å². The summed E-state index contributed by atoms with van der Waals surface area (Å²) in [5.41, 5.74) is 1.70. The molecule has 2 heterocycles. The zero-order chi connectivity index (χ0) is 15.0. The van der Waals surface area contributed by atoms with Gasteiger partial charge in [0.25, 0.3) is 0 Å². The van der Waals surface area contributed by atoms with Crippen LogP contribution in [0, 0.1) is 0 Å². The third-order valence-corrected chi connectivity index (χ3v) is 4.19. The summed E-state index contributed by atoms with van der Waals surface area (Å²) in [6.07, 6.45) is 0.253. The number of nitrogens with zero attached hydrogens (tertiary/aromatic N) is 2. The first-order valence-electron chi connectivity index (χ1n) is 7.23. The minimum absolute atomic E-state index is 0.208. The SMILES string of the molecule is CN1CCN(c2cc(O)cc3c2OC(C(=O)O)CC3)CC1. The van der Waals surface area contributed by atoms with Crippen LogP contribution in [-0.2, 0) is 11.2 Å². The lowest BCUT2D eigenvalue weighted by Crippen LogP contribution is -2.45. The zero-order valence-electron chi connectivity index (χ0n) is 12.1. The van der Waals surface area contributed by atoms with Gasteiger partial charge >= 0.3 is 5.97 Å². The lowest BCUT2D eigenvalue weighted by molar-refractivity contribution is -0.145. The fourth-order valence-corrected chi connectivity index (χ4v) is 2.92. The second-order valence-electron chi connectivity index (χ2n) is 5.73. The predicted octanol–water partition coefficient (Wildman–Crippen LogP) is 0.922. The molecule has 3 rings (SSSR count). The number of hydrogen-bond acceptors (Lipinski definition) is 5. The third kappa shape index (κ3) is 2.76. The van der Waals surface area contributed by atoms with Gasteiger partial charge in [-0.1, -0.05) is 0 Å². The monoisotopic (exact) mass is 292 g/mol. The average Bonchev–Trinajstić information content (AvgIpc) is 2.46. The number of anilines is 1. The Bertz CT molecular complexity index is 553. The molecule has 0 aromatic heterocycles. The first-order valence-corrected chi connectivity index (χ1v) is 7.23. The Hall–Kier alpha value is -1.95. The van der Waals surface area contributed by atoms with E-state index in [4.69, 9.17) is 9.84 Å². The Labute approximate surface area is 123 Å². The fourth-order valence-electron chi connectivity index (χ4n) is 2.92. The van der Waals surface area contributed by atoms with Crippen molar-refractivity contribution < 1.29 is 19.7 Å². The molecular weight excluding hydrogens is 272 g/mol. The molecule has 0 aliphatic carbocycles. The van der Waals surface area contributed by atoms with Crippen LogP contribution < -0.4 is 9.64 Å². The van der Waals surface area contributed by atoms with Crippen molar-refractivity contribution in [3.05, 3.63) is 17.7 Å². The highest BCUT2D eigenvalue weighted by molar-refractivity contribution is 5.75. The molecule has 1 aromatic carbocycles. The molecule has 0 radical (unpaired) electrons. The Morgan fingerprint density at radius 3 is 2.67 bits per heavy atom. The molecule has 21 heavy (non-hydrogen) atoms. The zero-order valence-corrected chi connectivity index (χ0v) is 12.1. The van der Waals surface area contributed by atoms with E-state index in [0.717, 1.165) is 37.4 Å². The van der Waals surface area contributed by atoms with E-state index in [0.29, 0.717) is 18.6 Å². The van der Waals surface area contributed by atoms with Crippen molar-refractivity contribution in [3.8, 4) is 11.5 Å². The van der Waals surface area contributed by atoms with Crippen LogP contribution in [0.5, 0.6) is 11.5 Å². The number of fused-ring (bicyclic) bond motifs is 1. The van der Waals surface area contributed by atoms with E-state index in [1.54, 1.807) is 12.1 Å². The van der Waals surface area contributed by atoms with Crippen LogP contribution in [0.25, 0.3) is 0 Å². The molecule has 1 saturated heterocycles. The number of ether oxygens (including phenoxy) is 1. The lowest BCUT2D eigenvalue weighted by Gasteiger charge is -2.36. The van der Waals surface area contributed by atoms with Crippen LogP contribution in [0.4, 0.5) is 5.69 Å². The highest BCUT2D eigenvalue weighted by Crippen LogP contribution is 2.40. The number of benzene rings is 1. The number of likely N-dealkylation sites (N-methyl/N-ethyl adjacent to an activating group) is 1. The topological polar surface area (TPSA) is 73.2 Å². The van der Waals surface area contributed by atoms with Crippen molar-refractivity contribution in [2.24, 2.45) is 0 Å². The van der Waals surface area contributed by atoms with Crippen molar-refractivity contribution in [2.45, 2.75) is 18.9 Å². The normalized spacial score (nSPS) is 22.5. The van der Waals surface area contributed by atoms with Gasteiger partial charge in [-0.3, -0.25) is 0 Å². The Morgan fingerprint density at radius 2 is 2.00 bits per heavy atom. The van der Waals surface area contributed by atoms with Gasteiger partial charge in [0, 0.05) is 37.8 Å². The molecule has 0 bridgehead atoms. The summed E-state index contributed by atoms with van der Waals surface area (Å²) in [5, 5.41) is 19.1. The van der Waals surface area contributed by atoms with E-state index in [1.165, 1.54) is 0 Å². The molecule has 0 spiro atoms. The van der Waals surface area contributed by atoms with Gasteiger partial charge in [0.2, 0.25) is 0 Å². The average molecular weight is 292 g/mol. The number of aryl methyl sites for hydroxylation is 1. The minimum Gasteiger partial charge on any atom is -0.508 e. The highest BCUT2D eigenvalue weighted by Gasteiger charge is 2.30. The maximum Gasteiger partial charge on any atom is 0.344 e. The third-order valence-electron chi connectivity index (χ3n) is 4.19. The second-order valence-corrected chi connectivity index (χ2v) is 5.73. The summed E-state index contributed by atoms with van der Waals surface area (Å²) in [6.45, 7) is 3.56. The first kappa shape index (κ1) is 14.0. The molecule has 6 nitrogen and oxygen atoms in total. The van der Waals surface area contributed by atoms with E-state index >= 15 is 0 Å². The molecule has 114 valence electrons. The molecule has 0 amide bonds. The van der Waals surface area contributed by atoms with Gasteiger partial charge < -0.3 is 24.7 Å². The van der Waals surface area contributed by atoms with Crippen molar-refractivity contribution >= 4 is 11.7 Å². The van der Waals surface area contributed by atoms with Crippen molar-refractivity contribution in [1.29, 1.82) is 0 Å². The standard InChI is InChI=1S/C15H20N2O4/c1-16-4-6-17(7-5-16)12-9-11(18)8-10-2-3-13(15(19)20)21-14(10)12/h8-9,13,18H,2-7H2,1H3,(H,19,20). The first-order chi connectivity index (χ1) is 10.0. The lowest BCUT2D eigenvalue weighted by atomic mass is 10.00. The molecule has 1 fully saturated rings. The fraction of sp³-hybridized carbons (Fsp3) is 0.533. The van der Waals surface area contributed by atoms with Gasteiger partial charge in [-0.05, 0) is 26.0 Å². The number of phenols is 1. The minimum atomic E-state index is -0.932. The van der Waals surface area contributed by atoms with E-state index in [2.05, 4.69) is 16.8 Å². The van der Waals surface area contributed by atoms with Crippen LogP contribution >= 0.6 is 0 Å². The summed E-state index contributed by atoms with van der Waals surface area (Å²) in [6, 6.07) is 3.35. The van der Waals surface area contributed by atoms with Crippen molar-refractivity contribution in [2.75, 3.05) is 38.1 Å². The maximum atomic E-state index is 11.2. The number of carboxylic acids is 1. The Balaban J connectivity index is 1.93. The number of hydrogen-bond donors (Lipinski definition) is 2. The summed E-state index contributed by atoms with van der Waals surface area (Å²) < 4.78 is 5.69. The summed E-state index contributed by atoms with van der Waals surface area (Å²) in [7, 11) is 2.08. The van der Waals surface area contributed by atoms with Gasteiger partial charge in [0.1, 0.15) is 11.5 Å². The number of aliphatic carboxylic acids is 1.